The van der Waals surface area contributed by atoms with Gasteiger partial charge in [0.05, 0.1) is 43.5 Å². The van der Waals surface area contributed by atoms with Crippen LogP contribution in [-0.4, -0.2) is 168 Å². The Morgan fingerprint density at radius 1 is 0.517 bits per heavy atom. The Bertz CT molecular complexity index is 3590. The lowest BCUT2D eigenvalue weighted by Crippen LogP contribution is -2.49. The number of piperidine rings is 2. The average molecular weight is 1200 g/mol. The molecule has 22 heteroatoms. The number of aromatic carboxylic acids is 1. The molecule has 4 aliphatic heterocycles. The van der Waals surface area contributed by atoms with Crippen molar-refractivity contribution in [2.75, 3.05) is 87.0 Å². The molecule has 4 aliphatic rings. The number of nitrogens with zero attached hydrogens (tertiary/aromatic N) is 6. The second-order valence-corrected chi connectivity index (χ2v) is 24.0. The molecule has 466 valence electrons. The number of amides is 2. The molecule has 22 nitrogen and oxygen atoms in total. The van der Waals surface area contributed by atoms with Crippen LogP contribution in [0.2, 0.25) is 0 Å². The molecule has 1 N–H and O–H groups in total. The molecule has 87 heavy (non-hydrogen) atoms. The molecular formula is C65H80N6O16. The van der Waals surface area contributed by atoms with Crippen molar-refractivity contribution >= 4 is 45.9 Å². The van der Waals surface area contributed by atoms with Crippen LogP contribution in [0.4, 0.5) is 9.59 Å². The fourth-order valence-corrected chi connectivity index (χ4v) is 11.4. The first-order valence-electron chi connectivity index (χ1n) is 29.5. The Balaban J connectivity index is 0.000000208. The van der Waals surface area contributed by atoms with Gasteiger partial charge in [-0.15, -0.1) is 0 Å². The van der Waals surface area contributed by atoms with Crippen LogP contribution in [0.25, 0.3) is 21.8 Å². The summed E-state index contributed by atoms with van der Waals surface area (Å²) in [5, 5.41) is 10.8. The van der Waals surface area contributed by atoms with Crippen LogP contribution in [0, 0.1) is 0 Å². The van der Waals surface area contributed by atoms with Gasteiger partial charge in [0.2, 0.25) is 0 Å². The number of carbonyl (C=O) groups excluding carboxylic acids is 3. The molecule has 0 radical (unpaired) electrons. The number of benzene rings is 4. The molecule has 0 saturated carbocycles. The summed E-state index contributed by atoms with van der Waals surface area (Å²) >= 11 is 0. The lowest BCUT2D eigenvalue weighted by molar-refractivity contribution is 0.00468. The molecule has 0 bridgehead atoms. The third kappa shape index (κ3) is 15.7. The third-order valence-corrected chi connectivity index (χ3v) is 15.7. The van der Waals surface area contributed by atoms with E-state index < -0.39 is 23.1 Å². The zero-order chi connectivity index (χ0) is 62.2. The molecule has 2 aromatic heterocycles. The summed E-state index contributed by atoms with van der Waals surface area (Å²) in [7, 11) is 4.32. The normalized spacial score (nSPS) is 15.6. The highest BCUT2D eigenvalue weighted by Gasteiger charge is 2.34. The van der Waals surface area contributed by atoms with Gasteiger partial charge in [0.1, 0.15) is 49.1 Å². The van der Waals surface area contributed by atoms with Gasteiger partial charge in [-0.1, -0.05) is 12.1 Å². The number of likely N-dealkylation sites (tertiary alicyclic amines) is 2. The van der Waals surface area contributed by atoms with Gasteiger partial charge >= 0.3 is 24.1 Å². The van der Waals surface area contributed by atoms with Crippen molar-refractivity contribution in [1.29, 1.82) is 0 Å². The van der Waals surface area contributed by atoms with Crippen molar-refractivity contribution < 1.29 is 66.9 Å². The first kappa shape index (κ1) is 63.0. The minimum atomic E-state index is -1.08. The number of ether oxygens (including phenoxy) is 9. The second-order valence-electron chi connectivity index (χ2n) is 24.0. The smallest absolute Gasteiger partial charge is 0.410 e. The Morgan fingerprint density at radius 3 is 1.29 bits per heavy atom. The fourth-order valence-electron chi connectivity index (χ4n) is 11.4. The fraction of sp³-hybridized carbons (Fsp3) is 0.477. The van der Waals surface area contributed by atoms with E-state index in [0.717, 1.165) is 63.0 Å². The minimum Gasteiger partial charge on any atom is -0.497 e. The largest absolute Gasteiger partial charge is 0.497 e. The Kier molecular flexibility index (Phi) is 19.9. The molecule has 10 rings (SSSR count). The number of aromatic nitrogens is 2. The number of hydrogen-bond acceptors (Lipinski definition) is 17. The lowest BCUT2D eigenvalue weighted by atomic mass is 10.0. The number of rotatable bonds is 16. The lowest BCUT2D eigenvalue weighted by Gasteiger charge is -2.39. The Hall–Kier alpha value is -8.50. The van der Waals surface area contributed by atoms with E-state index in [1.54, 1.807) is 39.5 Å². The van der Waals surface area contributed by atoms with E-state index in [0.29, 0.717) is 128 Å². The number of carbonyl (C=O) groups is 4. The molecule has 6 aromatic rings. The molecule has 0 aliphatic carbocycles. The number of methoxy groups -OCH3 is 3. The summed E-state index contributed by atoms with van der Waals surface area (Å²) in [5.74, 6) is 2.06. The average Bonchev–Trinajstić information content (AvgIpc) is 1.32. The molecule has 0 spiro atoms. The summed E-state index contributed by atoms with van der Waals surface area (Å²) in [5.41, 5.74) is 1.83. The predicted octanol–water partition coefficient (Wildman–Crippen LogP) is 8.85. The number of fused-ring (bicyclic) bond motifs is 4. The van der Waals surface area contributed by atoms with Gasteiger partial charge in [0.25, 0.3) is 11.1 Å². The minimum absolute atomic E-state index is 0.0125. The summed E-state index contributed by atoms with van der Waals surface area (Å²) in [6.45, 7) is 19.0. The van der Waals surface area contributed by atoms with Crippen LogP contribution >= 0.6 is 0 Å². The number of esters is 1. The van der Waals surface area contributed by atoms with E-state index in [1.165, 1.54) is 39.5 Å². The van der Waals surface area contributed by atoms with Crippen molar-refractivity contribution in [3.05, 3.63) is 128 Å². The van der Waals surface area contributed by atoms with Crippen molar-refractivity contribution in [3.63, 3.8) is 0 Å². The van der Waals surface area contributed by atoms with E-state index in [9.17, 15) is 33.9 Å². The van der Waals surface area contributed by atoms with Gasteiger partial charge in [0, 0.05) is 113 Å². The van der Waals surface area contributed by atoms with Gasteiger partial charge in [-0.05, 0) is 127 Å². The molecule has 0 unspecified atom stereocenters. The van der Waals surface area contributed by atoms with E-state index in [1.807, 2.05) is 87.7 Å². The van der Waals surface area contributed by atoms with E-state index in [2.05, 4.69) is 9.80 Å². The summed E-state index contributed by atoms with van der Waals surface area (Å²) in [6, 6.07) is 24.1. The maximum Gasteiger partial charge on any atom is 0.410 e. The van der Waals surface area contributed by atoms with Crippen molar-refractivity contribution in [2.45, 2.75) is 117 Å². The quantitative estimate of drug-likeness (QED) is 0.0705. The maximum absolute atomic E-state index is 13.4. The molecule has 0 atom stereocenters. The van der Waals surface area contributed by atoms with Gasteiger partial charge in [-0.3, -0.25) is 9.59 Å². The van der Waals surface area contributed by atoms with Crippen LogP contribution < -0.4 is 39.5 Å². The van der Waals surface area contributed by atoms with Crippen LogP contribution in [-0.2, 0) is 40.4 Å². The number of carboxylic acid groups (broad SMARTS) is 1. The van der Waals surface area contributed by atoms with E-state index in [-0.39, 0.29) is 41.0 Å². The first-order valence-corrected chi connectivity index (χ1v) is 29.5. The van der Waals surface area contributed by atoms with Crippen molar-refractivity contribution in [3.8, 4) is 34.5 Å². The summed E-state index contributed by atoms with van der Waals surface area (Å²) in [4.78, 5) is 85.1. The zero-order valence-electron chi connectivity index (χ0n) is 51.2. The summed E-state index contributed by atoms with van der Waals surface area (Å²) in [6.07, 6.45) is 2.30. The number of hydrogen-bond donors (Lipinski definition) is 1. The van der Waals surface area contributed by atoms with Crippen LogP contribution in [0.1, 0.15) is 99.1 Å². The summed E-state index contributed by atoms with van der Waals surface area (Å²) < 4.78 is 53.4. The predicted molar refractivity (Wildman–Crippen MR) is 325 cm³/mol. The third-order valence-electron chi connectivity index (χ3n) is 15.7. The van der Waals surface area contributed by atoms with Gasteiger partial charge in [-0.2, -0.15) is 0 Å². The van der Waals surface area contributed by atoms with Crippen LogP contribution in [0.15, 0.2) is 94.5 Å². The number of pyridine rings is 2. The SMILES string of the molecule is COC(=O)c1cc(OC)cc2c1ccc(=O)n2CCN1CCC(N(Cc2ccc3c(c2)OCCO3)C(=O)OC(C)(C)C)CC1.COc1cc(C(=O)O)c2ccc(=O)n(CCN3CCC(N(Cc4ccc5c(c4)OCCO5)C(=O)OC(C)(C)C)CC3)c2c1. The molecule has 2 amide bonds. The maximum atomic E-state index is 13.4. The van der Waals surface area contributed by atoms with Crippen molar-refractivity contribution in [1.82, 2.24) is 28.7 Å². The molecule has 2 saturated heterocycles. The molecule has 4 aromatic carbocycles. The Labute approximate surface area is 505 Å². The van der Waals surface area contributed by atoms with Gasteiger partial charge < -0.3 is 76.5 Å². The highest BCUT2D eigenvalue weighted by atomic mass is 16.6. The van der Waals surface area contributed by atoms with Crippen LogP contribution in [0.5, 0.6) is 34.5 Å². The number of carboxylic acids is 1. The van der Waals surface area contributed by atoms with E-state index in [4.69, 9.17) is 42.6 Å². The molecular weight excluding hydrogens is 1120 g/mol. The molecule has 6 heterocycles. The standard InChI is InChI=1S/C33H41N3O8.C32H39N3O8/c1-33(2,3)44-32(39)36(21-22-6-8-28-29(18-22)43-17-16-42-28)23-10-12-34(13-11-23)14-15-35-27-20-24(40-4)19-26(31(38)41-5)25(27)7-9-30(35)37;1-32(2,3)43-31(39)35(20-21-5-7-27-28(17-21)42-16-15-41-27)22-9-11-33(12-10-22)13-14-34-26-19-23(40-4)18-25(30(37)38)24(26)6-8-29(34)36/h6-9,18-20,23H,10-17,21H2,1-5H3;5-8,17-19,22H,9-16,20H2,1-4H3,(H,37,38). The van der Waals surface area contributed by atoms with Gasteiger partial charge in [-0.25, -0.2) is 19.2 Å². The van der Waals surface area contributed by atoms with E-state index >= 15 is 0 Å². The van der Waals surface area contributed by atoms with Crippen LogP contribution in [0.3, 0.4) is 0 Å². The van der Waals surface area contributed by atoms with Gasteiger partial charge in [0.15, 0.2) is 23.0 Å². The zero-order valence-corrected chi connectivity index (χ0v) is 51.2. The first-order chi connectivity index (χ1) is 41.6. The Morgan fingerprint density at radius 2 is 0.908 bits per heavy atom. The topological polar surface area (TPSA) is 229 Å². The highest BCUT2D eigenvalue weighted by Crippen LogP contribution is 2.35. The molecule has 2 fully saturated rings. The monoisotopic (exact) mass is 1200 g/mol. The second kappa shape index (κ2) is 27.5. The van der Waals surface area contributed by atoms with Crippen molar-refractivity contribution in [2.24, 2.45) is 0 Å². The highest BCUT2D eigenvalue weighted by molar-refractivity contribution is 6.05.